The third-order valence-electron chi connectivity index (χ3n) is 2.84. The fourth-order valence-electron chi connectivity index (χ4n) is 1.85. The molecule has 0 aliphatic rings. The van der Waals surface area contributed by atoms with Crippen LogP contribution in [0.5, 0.6) is 0 Å². The second-order valence-corrected chi connectivity index (χ2v) is 4.30. The average Bonchev–Trinajstić information content (AvgIpc) is 2.46. The van der Waals surface area contributed by atoms with Crippen molar-refractivity contribution in [2.45, 2.75) is 26.4 Å². The van der Waals surface area contributed by atoms with Crippen molar-refractivity contribution in [2.24, 2.45) is 0 Å². The van der Waals surface area contributed by atoms with Crippen LogP contribution in [0, 0.1) is 11.3 Å². The Balaban J connectivity index is 3.39. The van der Waals surface area contributed by atoms with Gasteiger partial charge in [-0.05, 0) is 30.6 Å². The predicted molar refractivity (Wildman–Crippen MR) is 78.2 cm³/mol. The molecule has 0 saturated carbocycles. The topological polar surface area (TPSA) is 23.8 Å². The molecule has 110 valence electrons. The Morgan fingerprint density at radius 3 is 2.29 bits per heavy atom. The molecule has 1 nitrogen and oxygen atoms in total. The highest BCUT2D eigenvalue weighted by molar-refractivity contribution is 5.76. The van der Waals surface area contributed by atoms with Gasteiger partial charge in [0.1, 0.15) is 0 Å². The summed E-state index contributed by atoms with van der Waals surface area (Å²) in [5.74, 6) is 0. The number of hydrogen-bond donors (Lipinski definition) is 0. The zero-order valence-electron chi connectivity index (χ0n) is 11.9. The Labute approximate surface area is 122 Å². The van der Waals surface area contributed by atoms with Crippen molar-refractivity contribution in [2.75, 3.05) is 0 Å². The van der Waals surface area contributed by atoms with Crippen LogP contribution in [0.25, 0.3) is 5.57 Å². The van der Waals surface area contributed by atoms with Gasteiger partial charge in [-0.1, -0.05) is 49.4 Å². The van der Waals surface area contributed by atoms with Crippen LogP contribution in [-0.4, -0.2) is 6.18 Å². The van der Waals surface area contributed by atoms with Crippen LogP contribution in [0.2, 0.25) is 0 Å². The van der Waals surface area contributed by atoms with Crippen molar-refractivity contribution >= 4 is 5.57 Å². The third-order valence-corrected chi connectivity index (χ3v) is 2.84. The summed E-state index contributed by atoms with van der Waals surface area (Å²) in [4.78, 5) is 0. The quantitative estimate of drug-likeness (QED) is 0.535. The molecule has 0 saturated heterocycles. The van der Waals surface area contributed by atoms with E-state index in [2.05, 4.69) is 0 Å². The van der Waals surface area contributed by atoms with Crippen molar-refractivity contribution in [3.8, 4) is 6.07 Å². The lowest BCUT2D eigenvalue weighted by Crippen LogP contribution is -2.14. The van der Waals surface area contributed by atoms with Crippen LogP contribution in [0.4, 0.5) is 13.2 Å². The van der Waals surface area contributed by atoms with Gasteiger partial charge in [-0.15, -0.1) is 0 Å². The smallest absolute Gasteiger partial charge is 0.192 e. The van der Waals surface area contributed by atoms with Gasteiger partial charge in [0.05, 0.1) is 17.2 Å². The number of benzene rings is 1. The van der Waals surface area contributed by atoms with Gasteiger partial charge < -0.3 is 0 Å². The lowest BCUT2D eigenvalue weighted by atomic mass is 9.98. The minimum atomic E-state index is -4.57. The molecule has 1 aromatic carbocycles. The van der Waals surface area contributed by atoms with E-state index in [0.29, 0.717) is 17.6 Å². The van der Waals surface area contributed by atoms with Crippen molar-refractivity contribution in [3.63, 3.8) is 0 Å². The lowest BCUT2D eigenvalue weighted by molar-refractivity contribution is -0.0888. The Morgan fingerprint density at radius 1 is 1.24 bits per heavy atom. The molecule has 0 N–H and O–H groups in total. The largest absolute Gasteiger partial charge is 0.417 e. The maximum Gasteiger partial charge on any atom is 0.417 e. The summed E-state index contributed by atoms with van der Waals surface area (Å²) in [7, 11) is 0. The van der Waals surface area contributed by atoms with Gasteiger partial charge in [0.2, 0.25) is 0 Å². The van der Waals surface area contributed by atoms with Crippen LogP contribution in [0.15, 0.2) is 59.7 Å². The van der Waals surface area contributed by atoms with Crippen LogP contribution in [0.3, 0.4) is 0 Å². The second kappa shape index (κ2) is 7.49. The van der Waals surface area contributed by atoms with E-state index in [0.717, 1.165) is 6.08 Å². The van der Waals surface area contributed by atoms with Gasteiger partial charge in [0, 0.05) is 0 Å². The van der Waals surface area contributed by atoms with Crippen LogP contribution in [0.1, 0.15) is 25.8 Å². The van der Waals surface area contributed by atoms with Crippen LogP contribution in [-0.2, 0) is 0 Å². The molecule has 4 heteroatoms. The summed E-state index contributed by atoms with van der Waals surface area (Å²) in [5.41, 5.74) is -0.153. The number of allylic oxidation sites excluding steroid dienone is 6. The molecule has 1 rings (SSSR count). The zero-order chi connectivity index (χ0) is 15.9. The van der Waals surface area contributed by atoms with Crippen LogP contribution >= 0.6 is 0 Å². The first-order valence-corrected chi connectivity index (χ1v) is 6.55. The van der Waals surface area contributed by atoms with E-state index in [9.17, 15) is 13.2 Å². The average molecular weight is 291 g/mol. The minimum Gasteiger partial charge on any atom is -0.192 e. The number of nitrogens with zero attached hydrogens (tertiary/aromatic N) is 1. The molecule has 0 radical (unpaired) electrons. The molecule has 0 unspecified atom stereocenters. The van der Waals surface area contributed by atoms with Crippen LogP contribution < -0.4 is 0 Å². The van der Waals surface area contributed by atoms with Gasteiger partial charge in [0.25, 0.3) is 0 Å². The Bertz CT molecular complexity index is 599. The summed E-state index contributed by atoms with van der Waals surface area (Å²) in [6, 6.07) is 10.4. The molecule has 0 bridgehead atoms. The molecule has 0 spiro atoms. The molecular weight excluding hydrogens is 275 g/mol. The molecule has 0 atom stereocenters. The van der Waals surface area contributed by atoms with Gasteiger partial charge in [-0.2, -0.15) is 18.4 Å². The SMILES string of the molecule is C\C=C(/C=C(\C(C#N)=C\CC)C(F)(F)F)c1ccccc1. The number of nitriles is 1. The molecule has 0 fully saturated rings. The third kappa shape index (κ3) is 4.64. The molecular formula is C17H16F3N. The first-order chi connectivity index (χ1) is 9.93. The van der Waals surface area contributed by atoms with Crippen molar-refractivity contribution in [1.29, 1.82) is 5.26 Å². The summed E-state index contributed by atoms with van der Waals surface area (Å²) in [5, 5.41) is 8.97. The molecule has 1 aromatic rings. The first-order valence-electron chi connectivity index (χ1n) is 6.55. The highest BCUT2D eigenvalue weighted by Crippen LogP contribution is 2.33. The van der Waals surface area contributed by atoms with Gasteiger partial charge in [-0.25, -0.2) is 0 Å². The van der Waals surface area contributed by atoms with Crippen molar-refractivity contribution < 1.29 is 13.2 Å². The summed E-state index contributed by atoms with van der Waals surface area (Å²) < 4.78 is 39.6. The molecule has 0 aliphatic carbocycles. The normalized spacial score (nSPS) is 14.0. The summed E-state index contributed by atoms with van der Waals surface area (Å²) >= 11 is 0. The monoisotopic (exact) mass is 291 g/mol. The zero-order valence-corrected chi connectivity index (χ0v) is 11.9. The highest BCUT2D eigenvalue weighted by Gasteiger charge is 2.36. The second-order valence-electron chi connectivity index (χ2n) is 4.30. The minimum absolute atomic E-state index is 0.347. The number of hydrogen-bond acceptors (Lipinski definition) is 1. The summed E-state index contributed by atoms with van der Waals surface area (Å²) in [6.45, 7) is 3.36. The van der Waals surface area contributed by atoms with E-state index in [1.54, 1.807) is 56.3 Å². The van der Waals surface area contributed by atoms with Crippen molar-refractivity contribution in [1.82, 2.24) is 0 Å². The predicted octanol–water partition coefficient (Wildman–Crippen LogP) is 5.44. The maximum atomic E-state index is 13.2. The number of halogens is 3. The van der Waals surface area contributed by atoms with Gasteiger partial charge in [-0.3, -0.25) is 0 Å². The Morgan fingerprint density at radius 2 is 1.86 bits per heavy atom. The highest BCUT2D eigenvalue weighted by atomic mass is 19.4. The Hall–Kier alpha value is -2.28. The molecule has 0 aliphatic heterocycles. The lowest BCUT2D eigenvalue weighted by Gasteiger charge is -2.12. The van der Waals surface area contributed by atoms with E-state index >= 15 is 0 Å². The van der Waals surface area contributed by atoms with E-state index < -0.39 is 11.7 Å². The first kappa shape index (κ1) is 16.8. The van der Waals surface area contributed by atoms with Crippen molar-refractivity contribution in [3.05, 3.63) is 65.3 Å². The summed E-state index contributed by atoms with van der Waals surface area (Å²) in [6.07, 6.45) is -0.285. The molecule has 0 aromatic heterocycles. The van der Waals surface area contributed by atoms with E-state index in [4.69, 9.17) is 5.26 Å². The molecule has 0 heterocycles. The Kier molecular flexibility index (Phi) is 5.98. The van der Waals surface area contributed by atoms with Gasteiger partial charge >= 0.3 is 6.18 Å². The maximum absolute atomic E-state index is 13.2. The number of alkyl halides is 3. The fraction of sp³-hybridized carbons (Fsp3) is 0.235. The van der Waals surface area contributed by atoms with E-state index in [-0.39, 0.29) is 5.57 Å². The molecule has 0 amide bonds. The molecule has 21 heavy (non-hydrogen) atoms. The number of rotatable bonds is 4. The van der Waals surface area contributed by atoms with Gasteiger partial charge in [0.15, 0.2) is 0 Å². The van der Waals surface area contributed by atoms with E-state index in [1.165, 1.54) is 6.08 Å². The fourth-order valence-corrected chi connectivity index (χ4v) is 1.85. The standard InChI is InChI=1S/C17H16F3N/c1-3-8-15(12-21)16(17(18,19)20)11-13(4-2)14-9-6-5-7-10-14/h4-11H,3H2,1-2H3/b13-4+,15-8+,16-11+. The van der Waals surface area contributed by atoms with E-state index in [1.807, 2.05) is 0 Å².